The Morgan fingerprint density at radius 1 is 1.42 bits per heavy atom. The average Bonchev–Trinajstić information content (AvgIpc) is 2.98. The van der Waals surface area contributed by atoms with Gasteiger partial charge in [0.05, 0.1) is 24.1 Å². The van der Waals surface area contributed by atoms with E-state index in [1.54, 1.807) is 6.92 Å². The third kappa shape index (κ3) is 3.65. The Labute approximate surface area is 143 Å². The number of pyridine rings is 1. The van der Waals surface area contributed by atoms with Gasteiger partial charge >= 0.3 is 5.97 Å². The van der Waals surface area contributed by atoms with Crippen LogP contribution in [-0.4, -0.2) is 38.4 Å². The molecule has 0 aliphatic carbocycles. The summed E-state index contributed by atoms with van der Waals surface area (Å²) in [4.78, 5) is 27.4. The van der Waals surface area contributed by atoms with Gasteiger partial charge in [-0.05, 0) is 26.8 Å². The van der Waals surface area contributed by atoms with Crippen LogP contribution in [0.3, 0.4) is 0 Å². The molecule has 2 heterocycles. The number of carbonyl (C=O) groups excluding carboxylic acids is 1. The van der Waals surface area contributed by atoms with Gasteiger partial charge in [-0.3, -0.25) is 9.48 Å². The number of aromatic nitrogens is 3. The molecule has 1 amide bonds. The monoisotopic (exact) mass is 352 g/mol. The maximum atomic E-state index is 12.2. The van der Waals surface area contributed by atoms with Gasteiger partial charge in [0.1, 0.15) is 5.02 Å². The lowest BCUT2D eigenvalue weighted by molar-refractivity contribution is -0.146. The molecule has 0 unspecified atom stereocenters. The number of hydrogen-bond acceptors (Lipinski definition) is 5. The first kappa shape index (κ1) is 17.7. The van der Waals surface area contributed by atoms with E-state index in [0.717, 1.165) is 0 Å². The van der Waals surface area contributed by atoms with Crippen LogP contribution in [0, 0.1) is 0 Å². The number of carbonyl (C=O) groups is 2. The maximum absolute atomic E-state index is 12.2. The number of rotatable bonds is 6. The minimum absolute atomic E-state index is 0.229. The van der Waals surface area contributed by atoms with Crippen LogP contribution in [0.25, 0.3) is 0 Å². The van der Waals surface area contributed by atoms with E-state index in [9.17, 15) is 14.7 Å². The summed E-state index contributed by atoms with van der Waals surface area (Å²) >= 11 is 6.00. The van der Waals surface area contributed by atoms with Crippen LogP contribution in [0.2, 0.25) is 5.02 Å². The molecule has 0 atom stereocenters. The molecule has 0 saturated carbocycles. The fraction of sp³-hybridized carbons (Fsp3) is 0.333. The standard InChI is InChI=1S/C15H17ClN4O4/c1-4-24-13-11(16)5-9(6-17-13)12(21)19-10-7-18-20(8-10)15(2,3)14(22)23/h5-8H,4H2,1-3H3,(H,19,21)(H,22,23). The highest BCUT2D eigenvalue weighted by Crippen LogP contribution is 2.23. The van der Waals surface area contributed by atoms with Crippen LogP contribution in [0.5, 0.6) is 5.88 Å². The summed E-state index contributed by atoms with van der Waals surface area (Å²) in [5.41, 5.74) is -0.625. The number of halogens is 1. The van der Waals surface area contributed by atoms with Crippen molar-refractivity contribution in [2.24, 2.45) is 0 Å². The Kier molecular flexibility index (Phi) is 5.08. The highest BCUT2D eigenvalue weighted by atomic mass is 35.5. The van der Waals surface area contributed by atoms with Crippen molar-refractivity contribution in [3.63, 3.8) is 0 Å². The molecule has 128 valence electrons. The number of aliphatic carboxylic acids is 1. The molecule has 8 nitrogen and oxygen atoms in total. The second-order valence-electron chi connectivity index (χ2n) is 5.44. The number of carboxylic acid groups (broad SMARTS) is 1. The van der Waals surface area contributed by atoms with Crippen molar-refractivity contribution < 1.29 is 19.4 Å². The molecular weight excluding hydrogens is 336 g/mol. The van der Waals surface area contributed by atoms with E-state index in [1.807, 2.05) is 0 Å². The fourth-order valence-corrected chi connectivity index (χ4v) is 2.01. The molecule has 0 fully saturated rings. The van der Waals surface area contributed by atoms with Gasteiger partial charge in [-0.15, -0.1) is 0 Å². The number of carboxylic acids is 1. The number of ether oxygens (including phenoxy) is 1. The van der Waals surface area contributed by atoms with Gasteiger partial charge in [-0.1, -0.05) is 11.6 Å². The SMILES string of the molecule is CCOc1ncc(C(=O)Nc2cnn(C(C)(C)C(=O)O)c2)cc1Cl. The lowest BCUT2D eigenvalue weighted by Crippen LogP contribution is -2.35. The van der Waals surface area contributed by atoms with Crippen LogP contribution < -0.4 is 10.1 Å². The van der Waals surface area contributed by atoms with Crippen molar-refractivity contribution in [3.05, 3.63) is 35.2 Å². The summed E-state index contributed by atoms with van der Waals surface area (Å²) < 4.78 is 6.47. The molecule has 0 spiro atoms. The Morgan fingerprint density at radius 3 is 2.71 bits per heavy atom. The number of hydrogen-bond donors (Lipinski definition) is 2. The third-order valence-electron chi connectivity index (χ3n) is 3.29. The van der Waals surface area contributed by atoms with Gasteiger partial charge in [0.2, 0.25) is 5.88 Å². The molecule has 2 N–H and O–H groups in total. The molecule has 0 bridgehead atoms. The van der Waals surface area contributed by atoms with E-state index in [-0.39, 0.29) is 16.5 Å². The molecule has 0 aromatic carbocycles. The Balaban J connectivity index is 2.15. The molecule has 0 radical (unpaired) electrons. The predicted molar refractivity (Wildman–Crippen MR) is 87.6 cm³/mol. The summed E-state index contributed by atoms with van der Waals surface area (Å²) in [7, 11) is 0. The zero-order chi connectivity index (χ0) is 17.9. The molecule has 2 rings (SSSR count). The first-order valence-corrected chi connectivity index (χ1v) is 7.51. The van der Waals surface area contributed by atoms with Crippen molar-refractivity contribution in [3.8, 4) is 5.88 Å². The van der Waals surface area contributed by atoms with Crippen LogP contribution >= 0.6 is 11.6 Å². The van der Waals surface area contributed by atoms with E-state index in [4.69, 9.17) is 16.3 Å². The topological polar surface area (TPSA) is 106 Å². The number of nitrogens with one attached hydrogen (secondary N) is 1. The van der Waals surface area contributed by atoms with E-state index >= 15 is 0 Å². The summed E-state index contributed by atoms with van der Waals surface area (Å²) in [5.74, 6) is -1.22. The second kappa shape index (κ2) is 6.88. The number of amides is 1. The molecule has 0 aliphatic rings. The number of nitrogens with zero attached hydrogens (tertiary/aromatic N) is 3. The highest BCUT2D eigenvalue weighted by molar-refractivity contribution is 6.32. The Morgan fingerprint density at radius 2 is 2.12 bits per heavy atom. The van der Waals surface area contributed by atoms with E-state index < -0.39 is 17.4 Å². The maximum Gasteiger partial charge on any atom is 0.331 e. The van der Waals surface area contributed by atoms with Gasteiger partial charge < -0.3 is 15.2 Å². The molecule has 24 heavy (non-hydrogen) atoms. The lowest BCUT2D eigenvalue weighted by atomic mass is 10.1. The van der Waals surface area contributed by atoms with Crippen LogP contribution in [0.4, 0.5) is 5.69 Å². The van der Waals surface area contributed by atoms with Gasteiger partial charge in [0.25, 0.3) is 5.91 Å². The lowest BCUT2D eigenvalue weighted by Gasteiger charge is -2.19. The van der Waals surface area contributed by atoms with Gasteiger partial charge in [-0.25, -0.2) is 9.78 Å². The molecule has 0 saturated heterocycles. The summed E-state index contributed by atoms with van der Waals surface area (Å²) in [5, 5.41) is 16.0. The van der Waals surface area contributed by atoms with Crippen LogP contribution in [0.15, 0.2) is 24.7 Å². The highest BCUT2D eigenvalue weighted by Gasteiger charge is 2.30. The third-order valence-corrected chi connectivity index (χ3v) is 3.56. The summed E-state index contributed by atoms with van der Waals surface area (Å²) in [6, 6.07) is 1.44. The minimum atomic E-state index is -1.23. The first-order valence-electron chi connectivity index (χ1n) is 7.14. The Bertz CT molecular complexity index is 773. The van der Waals surface area contributed by atoms with Crippen molar-refractivity contribution >= 4 is 29.2 Å². The minimum Gasteiger partial charge on any atom is -0.479 e. The second-order valence-corrected chi connectivity index (χ2v) is 5.84. The van der Waals surface area contributed by atoms with E-state index in [0.29, 0.717) is 12.3 Å². The summed E-state index contributed by atoms with van der Waals surface area (Å²) in [6.45, 7) is 5.22. The smallest absolute Gasteiger partial charge is 0.331 e. The van der Waals surface area contributed by atoms with Crippen molar-refractivity contribution in [2.45, 2.75) is 26.3 Å². The average molecular weight is 353 g/mol. The van der Waals surface area contributed by atoms with Crippen LogP contribution in [-0.2, 0) is 10.3 Å². The predicted octanol–water partition coefficient (Wildman–Crippen LogP) is 2.40. The van der Waals surface area contributed by atoms with Crippen LogP contribution in [0.1, 0.15) is 31.1 Å². The normalized spacial score (nSPS) is 11.2. The molecule has 2 aromatic rings. The van der Waals surface area contributed by atoms with Gasteiger partial charge in [0, 0.05) is 12.4 Å². The molecule has 0 aliphatic heterocycles. The zero-order valence-electron chi connectivity index (χ0n) is 13.4. The van der Waals surface area contributed by atoms with Crippen molar-refractivity contribution in [1.82, 2.24) is 14.8 Å². The van der Waals surface area contributed by atoms with E-state index in [1.165, 1.54) is 43.2 Å². The van der Waals surface area contributed by atoms with E-state index in [2.05, 4.69) is 15.4 Å². The fourth-order valence-electron chi connectivity index (χ4n) is 1.79. The molecule has 9 heteroatoms. The largest absolute Gasteiger partial charge is 0.479 e. The number of anilines is 1. The van der Waals surface area contributed by atoms with Gasteiger partial charge in [0.15, 0.2) is 5.54 Å². The Hall–Kier alpha value is -2.61. The molecule has 2 aromatic heterocycles. The molecular formula is C15H17ClN4O4. The van der Waals surface area contributed by atoms with Gasteiger partial charge in [-0.2, -0.15) is 5.10 Å². The zero-order valence-corrected chi connectivity index (χ0v) is 14.2. The van der Waals surface area contributed by atoms with Crippen molar-refractivity contribution in [1.29, 1.82) is 0 Å². The quantitative estimate of drug-likeness (QED) is 0.826. The summed E-state index contributed by atoms with van der Waals surface area (Å²) in [6.07, 6.45) is 4.15. The van der Waals surface area contributed by atoms with Crippen molar-refractivity contribution in [2.75, 3.05) is 11.9 Å². The first-order chi connectivity index (χ1) is 11.3.